The molecule has 1 aromatic carbocycles. The molecule has 88 valence electrons. The number of rotatable bonds is 5. The van der Waals surface area contributed by atoms with Gasteiger partial charge in [-0.3, -0.25) is 0 Å². The Labute approximate surface area is 93.4 Å². The number of hydrogen-bond acceptors (Lipinski definition) is 2. The molecule has 0 radical (unpaired) electrons. The summed E-state index contributed by atoms with van der Waals surface area (Å²) in [4.78, 5) is 0. The van der Waals surface area contributed by atoms with E-state index in [0.717, 1.165) is 12.8 Å². The van der Waals surface area contributed by atoms with Crippen LogP contribution in [0.3, 0.4) is 0 Å². The second-order valence-corrected chi connectivity index (χ2v) is 4.21. The Balaban J connectivity index is 2.00. The highest BCUT2D eigenvalue weighted by Crippen LogP contribution is 2.47. The first-order chi connectivity index (χ1) is 7.66. The molecule has 0 atom stereocenters. The van der Waals surface area contributed by atoms with Crippen molar-refractivity contribution in [2.75, 3.05) is 13.2 Å². The number of benzene rings is 1. The van der Waals surface area contributed by atoms with E-state index < -0.39 is 13.0 Å². The zero-order chi connectivity index (χ0) is 11.6. The van der Waals surface area contributed by atoms with Crippen LogP contribution in [0.4, 0.5) is 8.78 Å². The average molecular weight is 227 g/mol. The lowest BCUT2D eigenvalue weighted by molar-refractivity contribution is 0.0819. The van der Waals surface area contributed by atoms with Gasteiger partial charge in [0.2, 0.25) is 0 Å². The summed E-state index contributed by atoms with van der Waals surface area (Å²) in [5.74, 6) is 0.483. The fourth-order valence-electron chi connectivity index (χ4n) is 1.83. The van der Waals surface area contributed by atoms with E-state index in [1.165, 1.54) is 5.56 Å². The fourth-order valence-corrected chi connectivity index (χ4v) is 1.83. The molecule has 1 fully saturated rings. The third-order valence-corrected chi connectivity index (χ3v) is 3.09. The molecule has 0 saturated heterocycles. The standard InChI is InChI=1S/C12H15F2NO/c13-11(14)7-16-10-3-1-9(2-4-10)12(8-15)5-6-12/h1-4,11H,5-8,15H2. The molecule has 0 aromatic heterocycles. The van der Waals surface area contributed by atoms with Crippen molar-refractivity contribution in [2.24, 2.45) is 5.73 Å². The molecule has 1 aromatic rings. The van der Waals surface area contributed by atoms with Gasteiger partial charge in [-0.15, -0.1) is 0 Å². The van der Waals surface area contributed by atoms with Gasteiger partial charge >= 0.3 is 0 Å². The van der Waals surface area contributed by atoms with Crippen molar-refractivity contribution in [1.29, 1.82) is 0 Å². The first-order valence-corrected chi connectivity index (χ1v) is 5.38. The van der Waals surface area contributed by atoms with Crippen LogP contribution in [0.1, 0.15) is 18.4 Å². The van der Waals surface area contributed by atoms with Crippen molar-refractivity contribution in [2.45, 2.75) is 24.7 Å². The number of ether oxygens (including phenoxy) is 1. The number of alkyl halides is 2. The van der Waals surface area contributed by atoms with E-state index in [0.29, 0.717) is 12.3 Å². The molecule has 1 aliphatic carbocycles. The van der Waals surface area contributed by atoms with Crippen molar-refractivity contribution in [1.82, 2.24) is 0 Å². The summed E-state index contributed by atoms with van der Waals surface area (Å²) in [5, 5.41) is 0. The highest BCUT2D eigenvalue weighted by Gasteiger charge is 2.42. The van der Waals surface area contributed by atoms with Crippen LogP contribution in [0.15, 0.2) is 24.3 Å². The predicted molar refractivity (Wildman–Crippen MR) is 57.9 cm³/mol. The molecule has 0 heterocycles. The molecule has 0 unspecified atom stereocenters. The van der Waals surface area contributed by atoms with Crippen molar-refractivity contribution in [3.63, 3.8) is 0 Å². The lowest BCUT2D eigenvalue weighted by Gasteiger charge is -2.13. The van der Waals surface area contributed by atoms with E-state index in [2.05, 4.69) is 0 Å². The smallest absolute Gasteiger partial charge is 0.272 e. The SMILES string of the molecule is NCC1(c2ccc(OCC(F)F)cc2)CC1. The Hall–Kier alpha value is -1.16. The lowest BCUT2D eigenvalue weighted by Crippen LogP contribution is -2.19. The van der Waals surface area contributed by atoms with E-state index >= 15 is 0 Å². The van der Waals surface area contributed by atoms with Crippen LogP contribution in [0.25, 0.3) is 0 Å². The van der Waals surface area contributed by atoms with E-state index in [-0.39, 0.29) is 5.41 Å². The normalized spacial score (nSPS) is 17.5. The van der Waals surface area contributed by atoms with E-state index in [1.54, 1.807) is 12.1 Å². The molecule has 0 spiro atoms. The first kappa shape index (κ1) is 11.3. The zero-order valence-electron chi connectivity index (χ0n) is 8.96. The van der Waals surface area contributed by atoms with Crippen LogP contribution in [0, 0.1) is 0 Å². The molecule has 2 N–H and O–H groups in total. The third-order valence-electron chi connectivity index (χ3n) is 3.09. The van der Waals surface area contributed by atoms with E-state index in [9.17, 15) is 8.78 Å². The molecule has 16 heavy (non-hydrogen) atoms. The van der Waals surface area contributed by atoms with Crippen LogP contribution in [-0.4, -0.2) is 19.6 Å². The zero-order valence-corrected chi connectivity index (χ0v) is 8.96. The monoisotopic (exact) mass is 227 g/mol. The Bertz CT molecular complexity index is 347. The Morgan fingerprint density at radius 2 is 1.88 bits per heavy atom. The van der Waals surface area contributed by atoms with Crippen LogP contribution in [0.5, 0.6) is 5.75 Å². The minimum Gasteiger partial charge on any atom is -0.488 e. The van der Waals surface area contributed by atoms with Gasteiger partial charge in [-0.1, -0.05) is 12.1 Å². The van der Waals surface area contributed by atoms with Gasteiger partial charge in [0, 0.05) is 12.0 Å². The minimum absolute atomic E-state index is 0.140. The van der Waals surface area contributed by atoms with E-state index in [1.807, 2.05) is 12.1 Å². The van der Waals surface area contributed by atoms with Crippen molar-refractivity contribution >= 4 is 0 Å². The minimum atomic E-state index is -2.43. The predicted octanol–water partition coefficient (Wildman–Crippen LogP) is 2.32. The van der Waals surface area contributed by atoms with E-state index in [4.69, 9.17) is 10.5 Å². The summed E-state index contributed by atoms with van der Waals surface area (Å²) in [6.07, 6.45) is -0.208. The largest absolute Gasteiger partial charge is 0.488 e. The number of nitrogens with two attached hydrogens (primary N) is 1. The fraction of sp³-hybridized carbons (Fsp3) is 0.500. The summed E-state index contributed by atoms with van der Waals surface area (Å²) in [5.41, 5.74) is 7.03. The molecule has 0 aliphatic heterocycles. The molecule has 4 heteroatoms. The van der Waals surface area contributed by atoms with Gasteiger partial charge in [0.1, 0.15) is 12.4 Å². The number of halogens is 2. The Kier molecular flexibility index (Phi) is 3.10. The number of hydrogen-bond donors (Lipinski definition) is 1. The summed E-state index contributed by atoms with van der Waals surface area (Å²) in [7, 11) is 0. The molecule has 0 bridgehead atoms. The molecule has 1 saturated carbocycles. The van der Waals surface area contributed by atoms with Gasteiger partial charge < -0.3 is 10.5 Å². The average Bonchev–Trinajstić information content (AvgIpc) is 3.08. The van der Waals surface area contributed by atoms with Crippen LogP contribution < -0.4 is 10.5 Å². The van der Waals surface area contributed by atoms with Crippen molar-refractivity contribution < 1.29 is 13.5 Å². The van der Waals surface area contributed by atoms with Gasteiger partial charge in [0.25, 0.3) is 6.43 Å². The maximum atomic E-state index is 11.9. The maximum Gasteiger partial charge on any atom is 0.272 e. The summed E-state index contributed by atoms with van der Waals surface area (Å²) >= 11 is 0. The summed E-state index contributed by atoms with van der Waals surface area (Å²) in [6.45, 7) is 0.0889. The highest BCUT2D eigenvalue weighted by atomic mass is 19.3. The van der Waals surface area contributed by atoms with Gasteiger partial charge in [-0.2, -0.15) is 0 Å². The van der Waals surface area contributed by atoms with Crippen LogP contribution >= 0.6 is 0 Å². The molecular formula is C12H15F2NO. The first-order valence-electron chi connectivity index (χ1n) is 5.38. The van der Waals surface area contributed by atoms with Crippen LogP contribution in [-0.2, 0) is 5.41 Å². The summed E-state index contributed by atoms with van der Waals surface area (Å²) in [6, 6.07) is 7.29. The van der Waals surface area contributed by atoms with Gasteiger partial charge in [0.05, 0.1) is 0 Å². The lowest BCUT2D eigenvalue weighted by atomic mass is 9.96. The second kappa shape index (κ2) is 4.37. The molecular weight excluding hydrogens is 212 g/mol. The van der Waals surface area contributed by atoms with Gasteiger partial charge in [-0.05, 0) is 30.5 Å². The Morgan fingerprint density at radius 1 is 1.25 bits per heavy atom. The molecule has 1 aliphatic rings. The quantitative estimate of drug-likeness (QED) is 0.837. The highest BCUT2D eigenvalue weighted by molar-refractivity contribution is 5.36. The maximum absolute atomic E-state index is 11.9. The Morgan fingerprint density at radius 3 is 2.31 bits per heavy atom. The topological polar surface area (TPSA) is 35.2 Å². The van der Waals surface area contributed by atoms with Crippen LogP contribution in [0.2, 0.25) is 0 Å². The molecule has 0 amide bonds. The molecule has 2 rings (SSSR count). The van der Waals surface area contributed by atoms with Gasteiger partial charge in [-0.25, -0.2) is 8.78 Å². The van der Waals surface area contributed by atoms with Gasteiger partial charge in [0.15, 0.2) is 0 Å². The summed E-state index contributed by atoms with van der Waals surface area (Å²) < 4.78 is 28.7. The second-order valence-electron chi connectivity index (χ2n) is 4.21. The van der Waals surface area contributed by atoms with Crippen molar-refractivity contribution in [3.05, 3.63) is 29.8 Å². The van der Waals surface area contributed by atoms with Crippen molar-refractivity contribution in [3.8, 4) is 5.75 Å². The molecule has 2 nitrogen and oxygen atoms in total. The third kappa shape index (κ3) is 2.32.